The number of aromatic amines is 1. The molecule has 0 spiro atoms. The second kappa shape index (κ2) is 7.04. The Morgan fingerprint density at radius 1 is 1.12 bits per heavy atom. The van der Waals surface area contributed by atoms with E-state index in [9.17, 15) is 0 Å². The van der Waals surface area contributed by atoms with E-state index in [-0.39, 0.29) is 0 Å². The molecule has 0 unspecified atom stereocenters. The molecule has 1 aliphatic rings. The highest BCUT2D eigenvalue weighted by Crippen LogP contribution is 2.28. The molecular formula is C16H22N8O. The molecule has 1 fully saturated rings. The van der Waals surface area contributed by atoms with Crippen molar-refractivity contribution in [3.05, 3.63) is 18.0 Å². The number of hydrogen-bond acceptors (Lipinski definition) is 8. The van der Waals surface area contributed by atoms with Crippen molar-refractivity contribution in [3.63, 3.8) is 0 Å². The normalized spacial score (nSPS) is 15.5. The molecule has 3 aromatic rings. The molecule has 0 radical (unpaired) electrons. The van der Waals surface area contributed by atoms with Gasteiger partial charge < -0.3 is 9.80 Å². The van der Waals surface area contributed by atoms with Crippen LogP contribution in [0, 0.1) is 0 Å². The second-order valence-electron chi connectivity index (χ2n) is 6.46. The van der Waals surface area contributed by atoms with Gasteiger partial charge >= 0.3 is 0 Å². The van der Waals surface area contributed by atoms with Crippen LogP contribution in [-0.2, 0) is 6.42 Å². The number of fused-ring (bicyclic) bond motifs is 1. The molecule has 132 valence electrons. The summed E-state index contributed by atoms with van der Waals surface area (Å²) >= 11 is 0. The highest BCUT2D eigenvalue weighted by atomic mass is 16.6. The largest absolute Gasteiger partial charge is 0.356 e. The SMILES string of the molecule is CN(CCc1cn[nH]c1)c1nc2nonc2nc1N1CCCCCC1. The van der Waals surface area contributed by atoms with Crippen LogP contribution in [-0.4, -0.2) is 57.2 Å². The van der Waals surface area contributed by atoms with Crippen LogP contribution in [0.1, 0.15) is 31.2 Å². The molecule has 0 aromatic carbocycles. The molecule has 4 rings (SSSR count). The van der Waals surface area contributed by atoms with Gasteiger partial charge in [0.25, 0.3) is 0 Å². The first-order chi connectivity index (χ1) is 12.3. The molecule has 4 heterocycles. The van der Waals surface area contributed by atoms with E-state index in [2.05, 4.69) is 35.3 Å². The van der Waals surface area contributed by atoms with Crippen molar-refractivity contribution in [1.82, 2.24) is 30.5 Å². The van der Waals surface area contributed by atoms with Crippen LogP contribution in [0.15, 0.2) is 17.0 Å². The fourth-order valence-corrected chi connectivity index (χ4v) is 3.19. The number of anilines is 2. The third kappa shape index (κ3) is 3.40. The van der Waals surface area contributed by atoms with Crippen molar-refractivity contribution in [2.45, 2.75) is 32.1 Å². The Morgan fingerprint density at radius 2 is 1.88 bits per heavy atom. The summed E-state index contributed by atoms with van der Waals surface area (Å²) in [5.41, 5.74) is 2.08. The van der Waals surface area contributed by atoms with Gasteiger partial charge in [0.2, 0.25) is 11.3 Å². The van der Waals surface area contributed by atoms with Crippen molar-refractivity contribution in [2.24, 2.45) is 0 Å². The lowest BCUT2D eigenvalue weighted by Gasteiger charge is -2.27. The number of rotatable bonds is 5. The van der Waals surface area contributed by atoms with Gasteiger partial charge in [0, 0.05) is 32.9 Å². The Labute approximate surface area is 145 Å². The highest BCUT2D eigenvalue weighted by molar-refractivity contribution is 5.74. The monoisotopic (exact) mass is 342 g/mol. The van der Waals surface area contributed by atoms with Crippen molar-refractivity contribution in [2.75, 3.05) is 36.5 Å². The molecule has 9 heteroatoms. The number of hydrogen-bond donors (Lipinski definition) is 1. The summed E-state index contributed by atoms with van der Waals surface area (Å²) in [5.74, 6) is 1.70. The molecule has 0 amide bonds. The van der Waals surface area contributed by atoms with Gasteiger partial charge in [-0.3, -0.25) is 5.10 Å². The number of aromatic nitrogens is 6. The Morgan fingerprint density at radius 3 is 2.60 bits per heavy atom. The molecule has 0 aliphatic carbocycles. The average molecular weight is 342 g/mol. The third-order valence-corrected chi connectivity index (χ3v) is 4.64. The number of nitrogens with zero attached hydrogens (tertiary/aromatic N) is 7. The smallest absolute Gasteiger partial charge is 0.245 e. The summed E-state index contributed by atoms with van der Waals surface area (Å²) < 4.78 is 4.81. The van der Waals surface area contributed by atoms with Crippen LogP contribution < -0.4 is 9.80 Å². The highest BCUT2D eigenvalue weighted by Gasteiger charge is 2.21. The molecule has 3 aromatic heterocycles. The minimum Gasteiger partial charge on any atom is -0.356 e. The summed E-state index contributed by atoms with van der Waals surface area (Å²) in [6.45, 7) is 2.80. The zero-order chi connectivity index (χ0) is 17.1. The Balaban J connectivity index is 1.63. The van der Waals surface area contributed by atoms with E-state index in [4.69, 9.17) is 9.61 Å². The third-order valence-electron chi connectivity index (χ3n) is 4.64. The number of H-pyrrole nitrogens is 1. The van der Waals surface area contributed by atoms with Gasteiger partial charge in [-0.25, -0.2) is 14.6 Å². The van der Waals surface area contributed by atoms with Gasteiger partial charge in [0.15, 0.2) is 11.6 Å². The topological polar surface area (TPSA) is 99.9 Å². The van der Waals surface area contributed by atoms with Crippen molar-refractivity contribution in [3.8, 4) is 0 Å². The predicted octanol–water partition coefficient (Wildman–Crippen LogP) is 1.80. The zero-order valence-corrected chi connectivity index (χ0v) is 14.4. The van der Waals surface area contributed by atoms with Crippen molar-refractivity contribution in [1.29, 1.82) is 0 Å². The van der Waals surface area contributed by atoms with Crippen molar-refractivity contribution >= 4 is 22.9 Å². The van der Waals surface area contributed by atoms with Crippen LogP contribution in [0.25, 0.3) is 11.3 Å². The van der Waals surface area contributed by atoms with Crippen molar-refractivity contribution < 1.29 is 4.63 Å². The zero-order valence-electron chi connectivity index (χ0n) is 14.4. The molecule has 0 atom stereocenters. The Bertz CT molecular complexity index is 807. The first-order valence-corrected chi connectivity index (χ1v) is 8.75. The van der Waals surface area contributed by atoms with Crippen LogP contribution in [0.3, 0.4) is 0 Å². The lowest BCUT2D eigenvalue weighted by molar-refractivity contribution is 0.314. The quantitative estimate of drug-likeness (QED) is 0.749. The fourth-order valence-electron chi connectivity index (χ4n) is 3.19. The summed E-state index contributed by atoms with van der Waals surface area (Å²) in [5, 5.41) is 14.6. The summed E-state index contributed by atoms with van der Waals surface area (Å²) in [6.07, 6.45) is 9.53. The van der Waals surface area contributed by atoms with Gasteiger partial charge in [-0.1, -0.05) is 12.8 Å². The van der Waals surface area contributed by atoms with Gasteiger partial charge in [-0.15, -0.1) is 0 Å². The van der Waals surface area contributed by atoms with E-state index >= 15 is 0 Å². The van der Waals surface area contributed by atoms with E-state index in [1.807, 2.05) is 19.4 Å². The summed E-state index contributed by atoms with van der Waals surface area (Å²) in [6, 6.07) is 0. The first kappa shape index (κ1) is 15.8. The maximum Gasteiger partial charge on any atom is 0.245 e. The average Bonchev–Trinajstić information content (AvgIpc) is 3.24. The lowest BCUT2D eigenvalue weighted by atomic mass is 10.2. The van der Waals surface area contributed by atoms with E-state index in [1.165, 1.54) is 31.2 Å². The van der Waals surface area contributed by atoms with E-state index in [1.54, 1.807) is 0 Å². The standard InChI is InChI=1S/C16H22N8O/c1-23(9-6-12-10-17-18-11-12)15-16(24-7-4-2-3-5-8-24)20-14-13(19-15)21-25-22-14/h10-11H,2-9H2,1H3,(H,17,18). The van der Waals surface area contributed by atoms with Gasteiger partial charge in [0.1, 0.15) is 0 Å². The van der Waals surface area contributed by atoms with E-state index in [0.29, 0.717) is 11.3 Å². The molecule has 1 saturated heterocycles. The Hall–Kier alpha value is -2.71. The molecule has 25 heavy (non-hydrogen) atoms. The minimum atomic E-state index is 0.448. The van der Waals surface area contributed by atoms with Gasteiger partial charge in [-0.05, 0) is 35.1 Å². The van der Waals surface area contributed by atoms with Crippen LogP contribution in [0.5, 0.6) is 0 Å². The predicted molar refractivity (Wildman–Crippen MR) is 93.6 cm³/mol. The van der Waals surface area contributed by atoms with Crippen LogP contribution >= 0.6 is 0 Å². The van der Waals surface area contributed by atoms with E-state index in [0.717, 1.165) is 37.7 Å². The van der Waals surface area contributed by atoms with Crippen LogP contribution in [0.2, 0.25) is 0 Å². The fraction of sp³-hybridized carbons (Fsp3) is 0.562. The molecule has 1 aliphatic heterocycles. The molecule has 9 nitrogen and oxygen atoms in total. The second-order valence-corrected chi connectivity index (χ2v) is 6.46. The van der Waals surface area contributed by atoms with E-state index < -0.39 is 0 Å². The first-order valence-electron chi connectivity index (χ1n) is 8.75. The lowest BCUT2D eigenvalue weighted by Crippen LogP contribution is -2.30. The maximum atomic E-state index is 4.81. The van der Waals surface area contributed by atoms with Crippen LogP contribution in [0.4, 0.5) is 11.6 Å². The minimum absolute atomic E-state index is 0.448. The molecule has 0 saturated carbocycles. The number of nitrogens with one attached hydrogen (secondary N) is 1. The molecular weight excluding hydrogens is 320 g/mol. The van der Waals surface area contributed by atoms with Gasteiger partial charge in [-0.2, -0.15) is 5.10 Å². The molecule has 0 bridgehead atoms. The maximum absolute atomic E-state index is 4.81. The number of likely N-dealkylation sites (N-methyl/N-ethyl adjacent to an activating group) is 1. The molecule has 1 N–H and O–H groups in total. The van der Waals surface area contributed by atoms with Gasteiger partial charge in [0.05, 0.1) is 6.20 Å². The summed E-state index contributed by atoms with van der Waals surface area (Å²) in [7, 11) is 2.03. The Kier molecular flexibility index (Phi) is 4.45. The summed E-state index contributed by atoms with van der Waals surface area (Å²) in [4.78, 5) is 13.8.